The van der Waals surface area contributed by atoms with Gasteiger partial charge in [0.1, 0.15) is 16.4 Å². The van der Waals surface area contributed by atoms with Crippen LogP contribution in [0, 0.1) is 5.92 Å². The molecule has 88 valence electrons. The quantitative estimate of drug-likeness (QED) is 0.786. The Morgan fingerprint density at radius 3 is 2.69 bits per heavy atom. The van der Waals surface area contributed by atoms with E-state index in [9.17, 15) is 4.79 Å². The molecule has 0 aliphatic heterocycles. The van der Waals surface area contributed by atoms with Crippen LogP contribution in [0.4, 0.5) is 5.82 Å². The standard InChI is InChI=1S/C10H15N3O2S/c1-5(6-3-4-6)13-8(11)7(10(14)15)9(12-13)16-2/h5-6H,3-4,11H2,1-2H3,(H,14,15). The number of thioether (sulfide) groups is 1. The van der Waals surface area contributed by atoms with Crippen molar-refractivity contribution < 1.29 is 9.90 Å². The van der Waals surface area contributed by atoms with Crippen molar-refractivity contribution in [3.8, 4) is 0 Å². The highest BCUT2D eigenvalue weighted by Gasteiger charge is 2.33. The Labute approximate surface area is 98.0 Å². The van der Waals surface area contributed by atoms with Crippen LogP contribution in [-0.2, 0) is 0 Å². The Morgan fingerprint density at radius 1 is 1.69 bits per heavy atom. The molecule has 1 saturated carbocycles. The minimum absolute atomic E-state index is 0.139. The fourth-order valence-electron chi connectivity index (χ4n) is 1.86. The van der Waals surface area contributed by atoms with Crippen molar-refractivity contribution in [2.45, 2.75) is 30.8 Å². The molecule has 3 N–H and O–H groups in total. The average molecular weight is 241 g/mol. The molecule has 0 spiro atoms. The van der Waals surface area contributed by atoms with Crippen LogP contribution in [0.1, 0.15) is 36.2 Å². The van der Waals surface area contributed by atoms with Crippen LogP contribution in [0.25, 0.3) is 0 Å². The van der Waals surface area contributed by atoms with Gasteiger partial charge in [-0.05, 0) is 31.9 Å². The molecule has 5 nitrogen and oxygen atoms in total. The molecule has 1 aliphatic carbocycles. The van der Waals surface area contributed by atoms with E-state index in [0.717, 1.165) is 0 Å². The van der Waals surface area contributed by atoms with Gasteiger partial charge in [0, 0.05) is 0 Å². The molecular formula is C10H15N3O2S. The summed E-state index contributed by atoms with van der Waals surface area (Å²) in [5, 5.41) is 13.9. The first-order valence-corrected chi connectivity index (χ1v) is 6.44. The van der Waals surface area contributed by atoms with Gasteiger partial charge in [0.15, 0.2) is 0 Å². The topological polar surface area (TPSA) is 81.1 Å². The normalized spacial score (nSPS) is 17.4. The van der Waals surface area contributed by atoms with Crippen molar-refractivity contribution in [1.82, 2.24) is 9.78 Å². The number of hydrogen-bond acceptors (Lipinski definition) is 4. The summed E-state index contributed by atoms with van der Waals surface area (Å²) < 4.78 is 1.66. The lowest BCUT2D eigenvalue weighted by Gasteiger charge is -2.12. The first kappa shape index (κ1) is 11.3. The molecule has 1 fully saturated rings. The number of carboxylic acids is 1. The summed E-state index contributed by atoms with van der Waals surface area (Å²) in [4.78, 5) is 11.1. The summed E-state index contributed by atoms with van der Waals surface area (Å²) in [5.41, 5.74) is 5.99. The third-order valence-corrected chi connectivity index (χ3v) is 3.69. The molecular weight excluding hydrogens is 226 g/mol. The van der Waals surface area contributed by atoms with E-state index < -0.39 is 5.97 Å². The number of carbonyl (C=O) groups is 1. The predicted molar refractivity (Wildman–Crippen MR) is 62.8 cm³/mol. The van der Waals surface area contributed by atoms with E-state index in [-0.39, 0.29) is 17.4 Å². The Morgan fingerprint density at radius 2 is 2.31 bits per heavy atom. The molecule has 0 saturated heterocycles. The second kappa shape index (κ2) is 4.01. The van der Waals surface area contributed by atoms with Gasteiger partial charge >= 0.3 is 5.97 Å². The minimum Gasteiger partial charge on any atom is -0.477 e. The van der Waals surface area contributed by atoms with Gasteiger partial charge in [-0.3, -0.25) is 0 Å². The van der Waals surface area contributed by atoms with Crippen molar-refractivity contribution in [2.75, 3.05) is 12.0 Å². The molecule has 0 bridgehead atoms. The lowest BCUT2D eigenvalue weighted by atomic mass is 10.2. The molecule has 0 aromatic carbocycles. The molecule has 1 aliphatic rings. The summed E-state index contributed by atoms with van der Waals surface area (Å²) >= 11 is 1.32. The molecule has 0 radical (unpaired) electrons. The second-order valence-electron chi connectivity index (χ2n) is 4.10. The minimum atomic E-state index is -1.00. The van der Waals surface area contributed by atoms with Gasteiger partial charge in [-0.2, -0.15) is 5.10 Å². The van der Waals surface area contributed by atoms with Crippen molar-refractivity contribution in [3.05, 3.63) is 5.56 Å². The fourth-order valence-corrected chi connectivity index (χ4v) is 2.42. The lowest BCUT2D eigenvalue weighted by molar-refractivity contribution is 0.0694. The van der Waals surface area contributed by atoms with E-state index in [1.165, 1.54) is 24.6 Å². The molecule has 6 heteroatoms. The molecule has 1 atom stereocenters. The number of nitrogens with zero attached hydrogens (tertiary/aromatic N) is 2. The summed E-state index contributed by atoms with van der Waals surface area (Å²) in [6, 6.07) is 0.194. The zero-order valence-electron chi connectivity index (χ0n) is 9.30. The number of nitrogens with two attached hydrogens (primary N) is 1. The van der Waals surface area contributed by atoms with E-state index in [0.29, 0.717) is 10.9 Å². The van der Waals surface area contributed by atoms with Gasteiger partial charge in [0.05, 0.1) is 6.04 Å². The van der Waals surface area contributed by atoms with Crippen molar-refractivity contribution in [1.29, 1.82) is 0 Å². The van der Waals surface area contributed by atoms with Gasteiger partial charge < -0.3 is 10.8 Å². The van der Waals surface area contributed by atoms with E-state index in [4.69, 9.17) is 10.8 Å². The third kappa shape index (κ3) is 1.77. The third-order valence-electron chi connectivity index (χ3n) is 3.01. The van der Waals surface area contributed by atoms with E-state index >= 15 is 0 Å². The highest BCUT2D eigenvalue weighted by molar-refractivity contribution is 7.98. The van der Waals surface area contributed by atoms with Crippen molar-refractivity contribution >= 4 is 23.5 Å². The lowest BCUT2D eigenvalue weighted by Crippen LogP contribution is -2.13. The van der Waals surface area contributed by atoms with Crippen LogP contribution in [-0.4, -0.2) is 27.1 Å². The summed E-state index contributed by atoms with van der Waals surface area (Å²) in [6.45, 7) is 2.04. The Balaban J connectivity index is 2.42. The average Bonchev–Trinajstić information content (AvgIpc) is 3.01. The maximum atomic E-state index is 11.1. The Kier molecular flexibility index (Phi) is 2.84. The Hall–Kier alpha value is -1.17. The molecule has 16 heavy (non-hydrogen) atoms. The zero-order chi connectivity index (χ0) is 11.9. The molecule has 1 unspecified atom stereocenters. The first-order valence-electron chi connectivity index (χ1n) is 5.21. The van der Waals surface area contributed by atoms with Gasteiger partial charge in [-0.25, -0.2) is 9.48 Å². The van der Waals surface area contributed by atoms with Gasteiger partial charge in [-0.15, -0.1) is 11.8 Å². The predicted octanol–water partition coefficient (Wildman–Crippen LogP) is 1.86. The Bertz CT molecular complexity index is 426. The number of aromatic carboxylic acids is 1. The molecule has 1 aromatic rings. The number of hydrogen-bond donors (Lipinski definition) is 2. The van der Waals surface area contributed by atoms with E-state index in [2.05, 4.69) is 5.10 Å². The maximum absolute atomic E-state index is 11.1. The maximum Gasteiger partial charge on any atom is 0.342 e. The van der Waals surface area contributed by atoms with E-state index in [1.807, 2.05) is 6.92 Å². The van der Waals surface area contributed by atoms with Crippen molar-refractivity contribution in [2.24, 2.45) is 5.92 Å². The van der Waals surface area contributed by atoms with Crippen LogP contribution in [0.5, 0.6) is 0 Å². The molecule has 1 heterocycles. The number of anilines is 1. The summed E-state index contributed by atoms with van der Waals surface area (Å²) in [5.74, 6) is -0.133. The smallest absolute Gasteiger partial charge is 0.342 e. The van der Waals surface area contributed by atoms with Gasteiger partial charge in [-0.1, -0.05) is 0 Å². The number of rotatable bonds is 4. The number of carboxylic acid groups (broad SMARTS) is 1. The van der Waals surface area contributed by atoms with Crippen LogP contribution < -0.4 is 5.73 Å². The molecule has 2 rings (SSSR count). The fraction of sp³-hybridized carbons (Fsp3) is 0.600. The summed E-state index contributed by atoms with van der Waals surface area (Å²) in [7, 11) is 0. The van der Waals surface area contributed by atoms with Gasteiger partial charge in [0.25, 0.3) is 0 Å². The summed E-state index contributed by atoms with van der Waals surface area (Å²) in [6.07, 6.45) is 4.16. The SMILES string of the molecule is CSc1nn(C(C)C2CC2)c(N)c1C(=O)O. The van der Waals surface area contributed by atoms with Crippen molar-refractivity contribution in [3.63, 3.8) is 0 Å². The van der Waals surface area contributed by atoms with Crippen LogP contribution in [0.15, 0.2) is 5.03 Å². The van der Waals surface area contributed by atoms with Gasteiger partial charge in [0.2, 0.25) is 0 Å². The zero-order valence-corrected chi connectivity index (χ0v) is 10.1. The highest BCUT2D eigenvalue weighted by Crippen LogP contribution is 2.41. The van der Waals surface area contributed by atoms with E-state index in [1.54, 1.807) is 10.9 Å². The van der Waals surface area contributed by atoms with Crippen LogP contribution in [0.2, 0.25) is 0 Å². The number of nitrogen functional groups attached to an aromatic ring is 1. The first-order chi connectivity index (χ1) is 7.56. The second-order valence-corrected chi connectivity index (χ2v) is 4.89. The number of aromatic nitrogens is 2. The monoisotopic (exact) mass is 241 g/mol. The molecule has 1 aromatic heterocycles. The largest absolute Gasteiger partial charge is 0.477 e. The van der Waals surface area contributed by atoms with Crippen LogP contribution in [0.3, 0.4) is 0 Å². The highest BCUT2D eigenvalue weighted by atomic mass is 32.2. The van der Waals surface area contributed by atoms with Crippen LogP contribution >= 0.6 is 11.8 Å². The molecule has 0 amide bonds.